The standard InChI is InChI=1S/C18H22N6O2/c1-14-21-18(22-26-14)11-25-17-6-4-15(5-7-17)9-23-8-2-3-16(10-23)24-13-19-12-20-24/h4-7,12-13,16H,2-3,8-11H2,1H3. The lowest BCUT2D eigenvalue weighted by Gasteiger charge is -2.32. The number of likely N-dealkylation sites (tertiary alicyclic amines) is 1. The Labute approximate surface area is 151 Å². The molecule has 3 aromatic rings. The van der Waals surface area contributed by atoms with Crippen LogP contribution in [0, 0.1) is 6.92 Å². The highest BCUT2D eigenvalue weighted by Gasteiger charge is 2.21. The lowest BCUT2D eigenvalue weighted by atomic mass is 10.0. The first kappa shape index (κ1) is 16.7. The van der Waals surface area contributed by atoms with E-state index in [9.17, 15) is 0 Å². The third-order valence-corrected chi connectivity index (χ3v) is 4.56. The molecule has 1 aromatic carbocycles. The van der Waals surface area contributed by atoms with Crippen LogP contribution in [0.25, 0.3) is 0 Å². The van der Waals surface area contributed by atoms with Crippen molar-refractivity contribution in [3.05, 3.63) is 54.2 Å². The van der Waals surface area contributed by atoms with E-state index >= 15 is 0 Å². The second-order valence-corrected chi connectivity index (χ2v) is 6.57. The molecule has 0 saturated carbocycles. The van der Waals surface area contributed by atoms with Crippen LogP contribution in [0.5, 0.6) is 5.75 Å². The number of aryl methyl sites for hydroxylation is 1. The van der Waals surface area contributed by atoms with Crippen molar-refractivity contribution in [1.82, 2.24) is 29.8 Å². The topological polar surface area (TPSA) is 82.1 Å². The molecule has 0 amide bonds. The predicted molar refractivity (Wildman–Crippen MR) is 93.4 cm³/mol. The Morgan fingerprint density at radius 2 is 2.15 bits per heavy atom. The maximum atomic E-state index is 5.70. The Morgan fingerprint density at radius 3 is 2.88 bits per heavy atom. The van der Waals surface area contributed by atoms with Crippen LogP contribution < -0.4 is 4.74 Å². The van der Waals surface area contributed by atoms with E-state index in [2.05, 4.69) is 37.3 Å². The van der Waals surface area contributed by atoms with E-state index in [1.807, 2.05) is 23.1 Å². The largest absolute Gasteiger partial charge is 0.485 e. The fourth-order valence-electron chi connectivity index (χ4n) is 3.29. The van der Waals surface area contributed by atoms with Crippen LogP contribution in [-0.4, -0.2) is 42.9 Å². The average Bonchev–Trinajstić information content (AvgIpc) is 3.33. The van der Waals surface area contributed by atoms with E-state index < -0.39 is 0 Å². The molecule has 0 radical (unpaired) electrons. The van der Waals surface area contributed by atoms with Gasteiger partial charge in [-0.2, -0.15) is 10.1 Å². The maximum absolute atomic E-state index is 5.70. The van der Waals surface area contributed by atoms with Gasteiger partial charge in [0, 0.05) is 20.0 Å². The van der Waals surface area contributed by atoms with Crippen molar-refractivity contribution >= 4 is 0 Å². The Bertz CT molecular complexity index is 815. The molecule has 1 aliphatic rings. The third kappa shape index (κ3) is 4.08. The van der Waals surface area contributed by atoms with E-state index in [-0.39, 0.29) is 0 Å². The van der Waals surface area contributed by atoms with Crippen LogP contribution in [-0.2, 0) is 13.2 Å². The van der Waals surface area contributed by atoms with Gasteiger partial charge in [0.05, 0.1) is 6.04 Å². The fraction of sp³-hybridized carbons (Fsp3) is 0.444. The number of ether oxygens (including phenoxy) is 1. The van der Waals surface area contributed by atoms with Gasteiger partial charge in [0.15, 0.2) is 6.61 Å². The van der Waals surface area contributed by atoms with Crippen LogP contribution in [0.3, 0.4) is 0 Å². The van der Waals surface area contributed by atoms with Gasteiger partial charge < -0.3 is 9.26 Å². The molecule has 3 heterocycles. The quantitative estimate of drug-likeness (QED) is 0.672. The van der Waals surface area contributed by atoms with Gasteiger partial charge in [-0.1, -0.05) is 17.3 Å². The number of rotatable bonds is 6. The van der Waals surface area contributed by atoms with E-state index in [0.29, 0.717) is 24.4 Å². The summed E-state index contributed by atoms with van der Waals surface area (Å²) in [5.74, 6) is 1.90. The molecule has 26 heavy (non-hydrogen) atoms. The van der Waals surface area contributed by atoms with Crippen LogP contribution in [0.15, 0.2) is 41.4 Å². The van der Waals surface area contributed by atoms with Gasteiger partial charge in [-0.3, -0.25) is 4.90 Å². The van der Waals surface area contributed by atoms with Gasteiger partial charge in [-0.05, 0) is 37.1 Å². The summed E-state index contributed by atoms with van der Waals surface area (Å²) in [6.07, 6.45) is 5.75. The minimum Gasteiger partial charge on any atom is -0.485 e. The lowest BCUT2D eigenvalue weighted by Crippen LogP contribution is -2.36. The molecular formula is C18H22N6O2. The number of hydrogen-bond donors (Lipinski definition) is 0. The number of nitrogens with zero attached hydrogens (tertiary/aromatic N) is 6. The molecule has 1 unspecified atom stereocenters. The Morgan fingerprint density at radius 1 is 1.27 bits per heavy atom. The molecule has 0 spiro atoms. The zero-order valence-electron chi connectivity index (χ0n) is 14.8. The van der Waals surface area contributed by atoms with Crippen molar-refractivity contribution in [2.24, 2.45) is 0 Å². The molecule has 0 aliphatic carbocycles. The fourth-order valence-corrected chi connectivity index (χ4v) is 3.29. The van der Waals surface area contributed by atoms with E-state index in [1.165, 1.54) is 12.0 Å². The van der Waals surface area contributed by atoms with Crippen molar-refractivity contribution < 1.29 is 9.26 Å². The van der Waals surface area contributed by atoms with Crippen molar-refractivity contribution in [3.8, 4) is 5.75 Å². The van der Waals surface area contributed by atoms with Gasteiger partial charge in [-0.25, -0.2) is 9.67 Å². The van der Waals surface area contributed by atoms with Crippen LogP contribution in [0.1, 0.15) is 36.2 Å². The van der Waals surface area contributed by atoms with Crippen molar-refractivity contribution in [3.63, 3.8) is 0 Å². The van der Waals surface area contributed by atoms with Gasteiger partial charge in [0.25, 0.3) is 0 Å². The Hall–Kier alpha value is -2.74. The van der Waals surface area contributed by atoms with Crippen molar-refractivity contribution in [2.45, 2.75) is 39.0 Å². The van der Waals surface area contributed by atoms with Crippen molar-refractivity contribution in [2.75, 3.05) is 13.1 Å². The average molecular weight is 354 g/mol. The summed E-state index contributed by atoms with van der Waals surface area (Å²) in [5, 5.41) is 8.11. The SMILES string of the molecule is Cc1nc(COc2ccc(CN3CCCC(n4cncn4)C3)cc2)no1. The molecule has 8 nitrogen and oxygen atoms in total. The molecule has 1 aliphatic heterocycles. The molecule has 8 heteroatoms. The monoisotopic (exact) mass is 354 g/mol. The first-order valence-electron chi connectivity index (χ1n) is 8.83. The summed E-state index contributed by atoms with van der Waals surface area (Å²) in [6, 6.07) is 8.60. The number of benzene rings is 1. The highest BCUT2D eigenvalue weighted by molar-refractivity contribution is 5.27. The Balaban J connectivity index is 1.30. The lowest BCUT2D eigenvalue weighted by molar-refractivity contribution is 0.163. The summed E-state index contributed by atoms with van der Waals surface area (Å²) >= 11 is 0. The molecule has 2 aromatic heterocycles. The summed E-state index contributed by atoms with van der Waals surface area (Å²) in [7, 11) is 0. The first-order valence-corrected chi connectivity index (χ1v) is 8.83. The highest BCUT2D eigenvalue weighted by Crippen LogP contribution is 2.22. The second-order valence-electron chi connectivity index (χ2n) is 6.57. The van der Waals surface area contributed by atoms with Gasteiger partial charge in [0.1, 0.15) is 18.4 Å². The second kappa shape index (κ2) is 7.65. The maximum Gasteiger partial charge on any atom is 0.223 e. The summed E-state index contributed by atoms with van der Waals surface area (Å²) < 4.78 is 12.6. The zero-order valence-corrected chi connectivity index (χ0v) is 14.8. The van der Waals surface area contributed by atoms with Crippen LogP contribution >= 0.6 is 0 Å². The van der Waals surface area contributed by atoms with E-state index in [0.717, 1.165) is 31.8 Å². The summed E-state index contributed by atoms with van der Waals surface area (Å²) in [6.45, 7) is 5.11. The zero-order chi connectivity index (χ0) is 17.8. The molecule has 1 fully saturated rings. The van der Waals surface area contributed by atoms with Gasteiger partial charge in [0.2, 0.25) is 11.7 Å². The molecule has 4 rings (SSSR count). The summed E-state index contributed by atoms with van der Waals surface area (Å²) in [4.78, 5) is 10.7. The van der Waals surface area contributed by atoms with Crippen LogP contribution in [0.4, 0.5) is 0 Å². The van der Waals surface area contributed by atoms with Crippen molar-refractivity contribution in [1.29, 1.82) is 0 Å². The number of aromatic nitrogens is 5. The number of piperidine rings is 1. The predicted octanol–water partition coefficient (Wildman–Crippen LogP) is 2.39. The normalized spacial score (nSPS) is 18.1. The molecule has 0 bridgehead atoms. The molecular weight excluding hydrogens is 332 g/mol. The van der Waals surface area contributed by atoms with Gasteiger partial charge in [-0.15, -0.1) is 0 Å². The van der Waals surface area contributed by atoms with Crippen LogP contribution in [0.2, 0.25) is 0 Å². The minimum absolute atomic E-state index is 0.308. The van der Waals surface area contributed by atoms with E-state index in [1.54, 1.807) is 13.3 Å². The summed E-state index contributed by atoms with van der Waals surface area (Å²) in [5.41, 5.74) is 1.27. The molecule has 136 valence electrons. The van der Waals surface area contributed by atoms with E-state index in [4.69, 9.17) is 9.26 Å². The third-order valence-electron chi connectivity index (χ3n) is 4.56. The number of hydrogen-bond acceptors (Lipinski definition) is 7. The van der Waals surface area contributed by atoms with Gasteiger partial charge >= 0.3 is 0 Å². The molecule has 1 atom stereocenters. The Kier molecular flexibility index (Phi) is 4.92. The first-order chi connectivity index (χ1) is 12.8. The molecule has 0 N–H and O–H groups in total. The highest BCUT2D eigenvalue weighted by atomic mass is 16.5. The molecule has 1 saturated heterocycles. The minimum atomic E-state index is 0.308. The smallest absolute Gasteiger partial charge is 0.223 e.